The van der Waals surface area contributed by atoms with Gasteiger partial charge < -0.3 is 5.11 Å². The summed E-state index contributed by atoms with van der Waals surface area (Å²) in [6.07, 6.45) is 8.30. The van der Waals surface area contributed by atoms with E-state index < -0.39 is 0 Å². The van der Waals surface area contributed by atoms with Crippen LogP contribution in [0, 0.1) is 13.8 Å². The lowest BCUT2D eigenvalue weighted by Gasteiger charge is -2.12. The molecule has 102 valence electrons. The third kappa shape index (κ3) is 5.22. The number of hydrogen-bond acceptors (Lipinski definition) is 1. The molecule has 1 N–H and O–H groups in total. The summed E-state index contributed by atoms with van der Waals surface area (Å²) < 4.78 is 0. The third-order valence-corrected chi connectivity index (χ3v) is 3.75. The van der Waals surface area contributed by atoms with Crippen LogP contribution < -0.4 is 0 Å². The quantitative estimate of drug-likeness (QED) is 0.635. The van der Waals surface area contributed by atoms with E-state index >= 15 is 0 Å². The van der Waals surface area contributed by atoms with E-state index in [1.165, 1.54) is 43.2 Å². The molecule has 1 aromatic rings. The fourth-order valence-electron chi connectivity index (χ4n) is 2.26. The van der Waals surface area contributed by atoms with Crippen LogP contribution in [0.3, 0.4) is 0 Å². The van der Waals surface area contributed by atoms with Crippen LogP contribution in [0.15, 0.2) is 18.2 Å². The fourth-order valence-corrected chi connectivity index (χ4v) is 2.26. The molecule has 0 aliphatic carbocycles. The average Bonchev–Trinajstić information content (AvgIpc) is 2.36. The molecule has 0 fully saturated rings. The van der Waals surface area contributed by atoms with Crippen molar-refractivity contribution in [1.29, 1.82) is 0 Å². The highest BCUT2D eigenvalue weighted by Crippen LogP contribution is 2.22. The van der Waals surface area contributed by atoms with Gasteiger partial charge in [0.15, 0.2) is 0 Å². The number of aryl methyl sites for hydroxylation is 2. The summed E-state index contributed by atoms with van der Waals surface area (Å²) in [5.41, 5.74) is 3.65. The van der Waals surface area contributed by atoms with Crippen LogP contribution >= 0.6 is 0 Å². The smallest absolute Gasteiger partial charge is 0.0790 e. The number of rotatable bonds is 8. The molecule has 1 nitrogen and oxygen atoms in total. The summed E-state index contributed by atoms with van der Waals surface area (Å²) in [5, 5.41) is 10.1. The van der Waals surface area contributed by atoms with Crippen molar-refractivity contribution >= 4 is 0 Å². The van der Waals surface area contributed by atoms with Crippen LogP contribution in [0.4, 0.5) is 0 Å². The van der Waals surface area contributed by atoms with Crippen LogP contribution in [0.2, 0.25) is 0 Å². The van der Waals surface area contributed by atoms with Crippen LogP contribution in [0.1, 0.15) is 74.7 Å². The van der Waals surface area contributed by atoms with E-state index in [2.05, 4.69) is 39.0 Å². The van der Waals surface area contributed by atoms with Crippen molar-refractivity contribution in [2.45, 2.75) is 71.8 Å². The molecule has 0 heterocycles. The van der Waals surface area contributed by atoms with Gasteiger partial charge in [-0.25, -0.2) is 0 Å². The molecular formula is C17H28O. The van der Waals surface area contributed by atoms with Gasteiger partial charge in [-0.15, -0.1) is 0 Å². The molecule has 1 rings (SSSR count). The predicted molar refractivity (Wildman–Crippen MR) is 78.9 cm³/mol. The number of benzene rings is 1. The Hall–Kier alpha value is -0.820. The van der Waals surface area contributed by atoms with Crippen LogP contribution in [-0.4, -0.2) is 5.11 Å². The van der Waals surface area contributed by atoms with Gasteiger partial charge >= 0.3 is 0 Å². The van der Waals surface area contributed by atoms with Crippen molar-refractivity contribution in [3.8, 4) is 0 Å². The molecule has 1 heteroatoms. The van der Waals surface area contributed by atoms with Gasteiger partial charge in [0, 0.05) is 0 Å². The van der Waals surface area contributed by atoms with E-state index in [0.29, 0.717) is 0 Å². The number of hydrogen-bond donors (Lipinski definition) is 1. The van der Waals surface area contributed by atoms with E-state index in [9.17, 15) is 5.11 Å². The topological polar surface area (TPSA) is 20.2 Å². The molecular weight excluding hydrogens is 220 g/mol. The summed E-state index contributed by atoms with van der Waals surface area (Å²) in [6, 6.07) is 6.29. The monoisotopic (exact) mass is 248 g/mol. The molecule has 0 spiro atoms. The molecule has 0 saturated heterocycles. The largest absolute Gasteiger partial charge is 0.388 e. The minimum Gasteiger partial charge on any atom is -0.388 e. The first-order valence-corrected chi connectivity index (χ1v) is 7.40. The molecule has 1 atom stereocenters. The Kier molecular flexibility index (Phi) is 7.04. The molecule has 1 unspecified atom stereocenters. The molecule has 1 aromatic carbocycles. The normalized spacial score (nSPS) is 12.7. The van der Waals surface area contributed by atoms with Gasteiger partial charge in [-0.2, -0.15) is 0 Å². The van der Waals surface area contributed by atoms with E-state index in [1.54, 1.807) is 0 Å². The van der Waals surface area contributed by atoms with Crippen molar-refractivity contribution in [3.05, 3.63) is 34.9 Å². The minimum atomic E-state index is -0.282. The molecule has 0 aromatic heterocycles. The van der Waals surface area contributed by atoms with Crippen LogP contribution in [0.25, 0.3) is 0 Å². The maximum Gasteiger partial charge on any atom is 0.0790 e. The van der Waals surface area contributed by atoms with Crippen LogP contribution in [-0.2, 0) is 0 Å². The standard InChI is InChI=1S/C17H28O/c1-4-5-6-7-8-9-10-17(18)16-12-11-14(2)15(3)13-16/h11-13,17-18H,4-10H2,1-3H3. The first-order chi connectivity index (χ1) is 8.65. The third-order valence-electron chi connectivity index (χ3n) is 3.75. The molecule has 18 heavy (non-hydrogen) atoms. The second kappa shape index (κ2) is 8.31. The molecule has 0 saturated carbocycles. The Morgan fingerprint density at radius 3 is 2.28 bits per heavy atom. The zero-order valence-electron chi connectivity index (χ0n) is 12.2. The number of unbranched alkanes of at least 4 members (excludes halogenated alkanes) is 5. The lowest BCUT2D eigenvalue weighted by Crippen LogP contribution is -1.98. The zero-order valence-corrected chi connectivity index (χ0v) is 12.2. The summed E-state index contributed by atoms with van der Waals surface area (Å²) in [6.45, 7) is 6.46. The van der Waals surface area contributed by atoms with Gasteiger partial charge in [0.2, 0.25) is 0 Å². The Morgan fingerprint density at radius 2 is 1.61 bits per heavy atom. The van der Waals surface area contributed by atoms with Crippen molar-refractivity contribution in [1.82, 2.24) is 0 Å². The zero-order chi connectivity index (χ0) is 13.4. The maximum absolute atomic E-state index is 10.1. The molecule has 0 aliphatic heterocycles. The number of aliphatic hydroxyl groups excluding tert-OH is 1. The lowest BCUT2D eigenvalue weighted by molar-refractivity contribution is 0.163. The van der Waals surface area contributed by atoms with Gasteiger partial charge in [-0.3, -0.25) is 0 Å². The highest BCUT2D eigenvalue weighted by atomic mass is 16.3. The summed E-state index contributed by atoms with van der Waals surface area (Å²) in [5.74, 6) is 0. The number of aliphatic hydroxyl groups is 1. The first-order valence-electron chi connectivity index (χ1n) is 7.40. The van der Waals surface area contributed by atoms with Crippen molar-refractivity contribution in [2.75, 3.05) is 0 Å². The first kappa shape index (κ1) is 15.2. The highest BCUT2D eigenvalue weighted by molar-refractivity contribution is 5.30. The molecule has 0 bridgehead atoms. The second-order valence-corrected chi connectivity index (χ2v) is 5.42. The Balaban J connectivity index is 2.27. The van der Waals surface area contributed by atoms with Gasteiger partial charge in [-0.05, 0) is 37.0 Å². The second-order valence-electron chi connectivity index (χ2n) is 5.42. The molecule has 0 radical (unpaired) electrons. The van der Waals surface area contributed by atoms with Gasteiger partial charge in [0.1, 0.15) is 0 Å². The fraction of sp³-hybridized carbons (Fsp3) is 0.647. The van der Waals surface area contributed by atoms with E-state index in [0.717, 1.165) is 18.4 Å². The van der Waals surface area contributed by atoms with Crippen LogP contribution in [0.5, 0.6) is 0 Å². The van der Waals surface area contributed by atoms with Crippen molar-refractivity contribution < 1.29 is 5.11 Å². The summed E-state index contributed by atoms with van der Waals surface area (Å²) in [7, 11) is 0. The highest BCUT2D eigenvalue weighted by Gasteiger charge is 2.07. The summed E-state index contributed by atoms with van der Waals surface area (Å²) in [4.78, 5) is 0. The Morgan fingerprint density at radius 1 is 0.944 bits per heavy atom. The van der Waals surface area contributed by atoms with Gasteiger partial charge in [0.25, 0.3) is 0 Å². The minimum absolute atomic E-state index is 0.282. The Bertz CT molecular complexity index is 343. The van der Waals surface area contributed by atoms with Crippen molar-refractivity contribution in [2.24, 2.45) is 0 Å². The van der Waals surface area contributed by atoms with E-state index in [1.807, 2.05) is 0 Å². The molecule has 0 amide bonds. The van der Waals surface area contributed by atoms with E-state index in [-0.39, 0.29) is 6.10 Å². The predicted octanol–water partition coefficient (Wildman–Crippen LogP) is 5.09. The average molecular weight is 248 g/mol. The van der Waals surface area contributed by atoms with Crippen molar-refractivity contribution in [3.63, 3.8) is 0 Å². The van der Waals surface area contributed by atoms with Gasteiger partial charge in [0.05, 0.1) is 6.10 Å². The lowest BCUT2D eigenvalue weighted by atomic mass is 9.98. The van der Waals surface area contributed by atoms with E-state index in [4.69, 9.17) is 0 Å². The SMILES string of the molecule is CCCCCCCCC(O)c1ccc(C)c(C)c1. The maximum atomic E-state index is 10.1. The van der Waals surface area contributed by atoms with Gasteiger partial charge in [-0.1, -0.05) is 63.6 Å². The summed E-state index contributed by atoms with van der Waals surface area (Å²) >= 11 is 0. The molecule has 0 aliphatic rings. The Labute approximate surface area is 112 Å².